The van der Waals surface area contributed by atoms with Crippen molar-refractivity contribution in [2.24, 2.45) is 0 Å². The van der Waals surface area contributed by atoms with Crippen LogP contribution in [0.1, 0.15) is 16.1 Å². The number of aryl methyl sites for hydroxylation is 1. The lowest BCUT2D eigenvalue weighted by Gasteiger charge is -2.15. The van der Waals surface area contributed by atoms with Crippen LogP contribution in [0, 0.1) is 6.92 Å². The van der Waals surface area contributed by atoms with E-state index in [-0.39, 0.29) is 5.56 Å². The Balaban J connectivity index is 1.71. The molecule has 2 N–H and O–H groups in total. The van der Waals surface area contributed by atoms with Gasteiger partial charge in [-0.05, 0) is 61.5 Å². The highest BCUT2D eigenvalue weighted by Crippen LogP contribution is 2.35. The largest absolute Gasteiger partial charge is 0.478 e. The Labute approximate surface area is 171 Å². The highest BCUT2D eigenvalue weighted by molar-refractivity contribution is 6.31. The quantitative estimate of drug-likeness (QED) is 0.434. The first-order chi connectivity index (χ1) is 14.0. The predicted octanol–water partition coefficient (Wildman–Crippen LogP) is 5.83. The maximum Gasteiger partial charge on any atom is 0.335 e. The third-order valence-electron chi connectivity index (χ3n) is 4.26. The number of hydrogen-bond donors (Lipinski definition) is 2. The summed E-state index contributed by atoms with van der Waals surface area (Å²) >= 11 is 6.19. The molecule has 2 aromatic heterocycles. The maximum absolute atomic E-state index is 11.2. The molecule has 4 aromatic rings. The number of nitrogens with one attached hydrogen (secondary N) is 1. The van der Waals surface area contributed by atoms with Gasteiger partial charge in [0.15, 0.2) is 11.4 Å². The molecule has 0 radical (unpaired) electrons. The summed E-state index contributed by atoms with van der Waals surface area (Å²) in [5, 5.41) is 13.9. The summed E-state index contributed by atoms with van der Waals surface area (Å²) in [5.41, 5.74) is 3.09. The van der Waals surface area contributed by atoms with E-state index in [9.17, 15) is 9.90 Å². The molecule has 4 rings (SSSR count). The molecule has 2 heterocycles. The molecule has 0 spiro atoms. The van der Waals surface area contributed by atoms with Gasteiger partial charge in [0.1, 0.15) is 5.75 Å². The van der Waals surface area contributed by atoms with Gasteiger partial charge < -0.3 is 15.2 Å². The van der Waals surface area contributed by atoms with Crippen molar-refractivity contribution in [3.63, 3.8) is 0 Å². The Bertz CT molecular complexity index is 1230. The summed E-state index contributed by atoms with van der Waals surface area (Å²) in [4.78, 5) is 20.0. The number of aromatic carboxylic acids is 1. The zero-order chi connectivity index (χ0) is 20.4. The number of carbonyl (C=O) groups is 1. The van der Waals surface area contributed by atoms with Crippen LogP contribution in [0.3, 0.4) is 0 Å². The summed E-state index contributed by atoms with van der Waals surface area (Å²) in [6.07, 6.45) is 1.68. The van der Waals surface area contributed by atoms with Crippen LogP contribution >= 0.6 is 11.6 Å². The van der Waals surface area contributed by atoms with E-state index in [4.69, 9.17) is 16.3 Å². The second-order valence-electron chi connectivity index (χ2n) is 6.38. The SMILES string of the molecule is Cc1ccc2c(Nc3cc(Cl)ccc3Oc3cccc(C(=O)O)c3)ccnc2n1. The van der Waals surface area contributed by atoms with Crippen molar-refractivity contribution in [3.05, 3.63) is 83.1 Å². The number of rotatable bonds is 5. The van der Waals surface area contributed by atoms with Gasteiger partial charge in [-0.1, -0.05) is 17.7 Å². The first-order valence-corrected chi connectivity index (χ1v) is 9.17. The third-order valence-corrected chi connectivity index (χ3v) is 4.50. The molecule has 6 nitrogen and oxygen atoms in total. The van der Waals surface area contributed by atoms with E-state index in [2.05, 4.69) is 15.3 Å². The van der Waals surface area contributed by atoms with Crippen LogP contribution in [-0.2, 0) is 0 Å². The summed E-state index contributed by atoms with van der Waals surface area (Å²) in [6, 6.07) is 17.2. The normalized spacial score (nSPS) is 10.7. The third kappa shape index (κ3) is 4.12. The lowest BCUT2D eigenvalue weighted by Crippen LogP contribution is -1.98. The van der Waals surface area contributed by atoms with Gasteiger partial charge in [0.2, 0.25) is 0 Å². The van der Waals surface area contributed by atoms with Gasteiger partial charge in [-0.3, -0.25) is 0 Å². The Morgan fingerprint density at radius 1 is 1.07 bits per heavy atom. The highest BCUT2D eigenvalue weighted by atomic mass is 35.5. The Hall–Kier alpha value is -3.64. The number of pyridine rings is 2. The lowest BCUT2D eigenvalue weighted by atomic mass is 10.2. The molecule has 0 atom stereocenters. The second-order valence-corrected chi connectivity index (χ2v) is 6.82. The summed E-state index contributed by atoms with van der Waals surface area (Å²) < 4.78 is 5.94. The molecule has 0 saturated heterocycles. The lowest BCUT2D eigenvalue weighted by molar-refractivity contribution is 0.0696. The molecule has 2 aromatic carbocycles. The number of carboxylic acid groups (broad SMARTS) is 1. The molecule has 0 amide bonds. The van der Waals surface area contributed by atoms with E-state index in [0.717, 1.165) is 16.8 Å². The minimum Gasteiger partial charge on any atom is -0.478 e. The smallest absolute Gasteiger partial charge is 0.335 e. The van der Waals surface area contributed by atoms with Gasteiger partial charge in [0.25, 0.3) is 0 Å². The zero-order valence-electron chi connectivity index (χ0n) is 15.4. The molecular weight excluding hydrogens is 390 g/mol. The molecule has 0 aliphatic heterocycles. The van der Waals surface area contributed by atoms with Crippen molar-refractivity contribution >= 4 is 40.0 Å². The Kier molecular flexibility index (Phi) is 5.01. The molecule has 0 saturated carbocycles. The molecule has 0 aliphatic rings. The number of carboxylic acids is 1. The van der Waals surface area contributed by atoms with Crippen LogP contribution in [0.5, 0.6) is 11.5 Å². The average molecular weight is 406 g/mol. The minimum absolute atomic E-state index is 0.146. The maximum atomic E-state index is 11.2. The van der Waals surface area contributed by atoms with Crippen LogP contribution < -0.4 is 10.1 Å². The number of anilines is 2. The van der Waals surface area contributed by atoms with Crippen molar-refractivity contribution in [3.8, 4) is 11.5 Å². The monoisotopic (exact) mass is 405 g/mol. The van der Waals surface area contributed by atoms with Gasteiger partial charge in [-0.15, -0.1) is 0 Å². The fourth-order valence-electron chi connectivity index (χ4n) is 2.89. The molecule has 7 heteroatoms. The van der Waals surface area contributed by atoms with Gasteiger partial charge in [0, 0.05) is 22.3 Å². The number of ether oxygens (including phenoxy) is 1. The standard InChI is InChI=1S/C22H16ClN3O3/c1-13-5-7-17-18(9-10-24-21(17)25-13)26-19-12-15(23)6-8-20(19)29-16-4-2-3-14(11-16)22(27)28/h2-12H,1H3,(H,27,28)(H,24,25,26). The van der Waals surface area contributed by atoms with E-state index in [1.54, 1.807) is 36.5 Å². The summed E-state index contributed by atoms with van der Waals surface area (Å²) in [6.45, 7) is 1.91. The summed E-state index contributed by atoms with van der Waals surface area (Å²) in [7, 11) is 0. The average Bonchev–Trinajstić information content (AvgIpc) is 2.70. The van der Waals surface area contributed by atoms with E-state index in [1.807, 2.05) is 25.1 Å². The fraction of sp³-hybridized carbons (Fsp3) is 0.0455. The molecule has 29 heavy (non-hydrogen) atoms. The predicted molar refractivity (Wildman–Crippen MR) is 112 cm³/mol. The number of halogens is 1. The number of nitrogens with zero attached hydrogens (tertiary/aromatic N) is 2. The minimum atomic E-state index is -1.02. The highest BCUT2D eigenvalue weighted by Gasteiger charge is 2.11. The van der Waals surface area contributed by atoms with E-state index in [0.29, 0.717) is 27.9 Å². The topological polar surface area (TPSA) is 84.3 Å². The first kappa shape index (κ1) is 18.7. The van der Waals surface area contributed by atoms with Crippen molar-refractivity contribution in [1.29, 1.82) is 0 Å². The van der Waals surface area contributed by atoms with Gasteiger partial charge >= 0.3 is 5.97 Å². The van der Waals surface area contributed by atoms with Crippen molar-refractivity contribution < 1.29 is 14.6 Å². The van der Waals surface area contributed by atoms with Crippen molar-refractivity contribution in [1.82, 2.24) is 9.97 Å². The number of aromatic nitrogens is 2. The van der Waals surface area contributed by atoms with Crippen LogP contribution in [-0.4, -0.2) is 21.0 Å². The molecule has 144 valence electrons. The number of fused-ring (bicyclic) bond motifs is 1. The Morgan fingerprint density at radius 2 is 1.93 bits per heavy atom. The van der Waals surface area contributed by atoms with Crippen molar-refractivity contribution in [2.45, 2.75) is 6.92 Å². The van der Waals surface area contributed by atoms with E-state index in [1.165, 1.54) is 12.1 Å². The molecule has 0 unspecified atom stereocenters. The summed E-state index contributed by atoms with van der Waals surface area (Å²) in [5.74, 6) is -0.106. The molecular formula is C22H16ClN3O3. The van der Waals surface area contributed by atoms with E-state index >= 15 is 0 Å². The van der Waals surface area contributed by atoms with Crippen molar-refractivity contribution in [2.75, 3.05) is 5.32 Å². The van der Waals surface area contributed by atoms with E-state index < -0.39 is 5.97 Å². The fourth-order valence-corrected chi connectivity index (χ4v) is 3.06. The molecule has 0 aliphatic carbocycles. The van der Waals surface area contributed by atoms with Crippen LogP contribution in [0.15, 0.2) is 66.9 Å². The second kappa shape index (κ2) is 7.77. The van der Waals surface area contributed by atoms with Gasteiger partial charge in [-0.2, -0.15) is 0 Å². The first-order valence-electron chi connectivity index (χ1n) is 8.80. The number of hydrogen-bond acceptors (Lipinski definition) is 5. The van der Waals surface area contributed by atoms with Crippen LogP contribution in [0.4, 0.5) is 11.4 Å². The van der Waals surface area contributed by atoms with Gasteiger partial charge in [-0.25, -0.2) is 14.8 Å². The zero-order valence-corrected chi connectivity index (χ0v) is 16.1. The number of benzene rings is 2. The molecule has 0 fully saturated rings. The van der Waals surface area contributed by atoms with Crippen LogP contribution in [0.2, 0.25) is 5.02 Å². The van der Waals surface area contributed by atoms with Gasteiger partial charge in [0.05, 0.1) is 16.9 Å². The molecule has 0 bridgehead atoms. The van der Waals surface area contributed by atoms with Crippen LogP contribution in [0.25, 0.3) is 11.0 Å². The Morgan fingerprint density at radius 3 is 2.76 bits per heavy atom.